The van der Waals surface area contributed by atoms with E-state index in [9.17, 15) is 23.2 Å². The molecule has 200 valence electrons. The second-order valence-electron chi connectivity index (χ2n) is 9.55. The van der Waals surface area contributed by atoms with Crippen molar-refractivity contribution in [2.24, 2.45) is 0 Å². The number of carbonyl (C=O) groups excluding carboxylic acids is 2. The Hall–Kier alpha value is -2.95. The number of amides is 1. The van der Waals surface area contributed by atoms with Gasteiger partial charge in [0, 0.05) is 6.54 Å². The van der Waals surface area contributed by atoms with E-state index in [1.807, 2.05) is 12.1 Å². The Morgan fingerprint density at radius 2 is 1.62 bits per heavy atom. The summed E-state index contributed by atoms with van der Waals surface area (Å²) in [5, 5.41) is 11.2. The molecular formula is C27H34N2O7S. The third-order valence-corrected chi connectivity index (χ3v) is 8.91. The van der Waals surface area contributed by atoms with Crippen LogP contribution in [-0.2, 0) is 32.5 Å². The van der Waals surface area contributed by atoms with Crippen LogP contribution in [0.25, 0.3) is 0 Å². The van der Waals surface area contributed by atoms with E-state index in [1.165, 1.54) is 36.9 Å². The summed E-state index contributed by atoms with van der Waals surface area (Å²) < 4.78 is 38.4. The number of esters is 1. The fourth-order valence-electron chi connectivity index (χ4n) is 4.94. The summed E-state index contributed by atoms with van der Waals surface area (Å²) in [4.78, 5) is 25.5. The van der Waals surface area contributed by atoms with E-state index < -0.39 is 28.4 Å². The molecule has 0 bridgehead atoms. The van der Waals surface area contributed by atoms with Gasteiger partial charge < -0.3 is 9.47 Å². The number of ether oxygens (including phenoxy) is 2. The predicted molar refractivity (Wildman–Crippen MR) is 136 cm³/mol. The van der Waals surface area contributed by atoms with Crippen LogP contribution in [0, 0.1) is 0 Å². The Balaban J connectivity index is 1.47. The highest BCUT2D eigenvalue weighted by molar-refractivity contribution is 7.89. The maximum atomic E-state index is 13.4. The van der Waals surface area contributed by atoms with Crippen molar-refractivity contribution in [3.63, 3.8) is 0 Å². The smallest absolute Gasteiger partial charge is 0.312 e. The van der Waals surface area contributed by atoms with E-state index in [0.29, 0.717) is 29.4 Å². The highest BCUT2D eigenvalue weighted by Gasteiger charge is 2.31. The first-order valence-electron chi connectivity index (χ1n) is 12.8. The molecule has 0 aliphatic heterocycles. The molecule has 0 aromatic heterocycles. The van der Waals surface area contributed by atoms with Crippen molar-refractivity contribution in [3.05, 3.63) is 53.6 Å². The maximum absolute atomic E-state index is 13.4. The fourth-order valence-corrected chi connectivity index (χ4v) is 6.33. The van der Waals surface area contributed by atoms with E-state index in [4.69, 9.17) is 9.47 Å². The Labute approximate surface area is 218 Å². The number of benzene rings is 2. The van der Waals surface area contributed by atoms with Gasteiger partial charge in [0.1, 0.15) is 11.5 Å². The maximum Gasteiger partial charge on any atom is 0.312 e. The normalized spacial score (nSPS) is 15.9. The number of sulfonamides is 1. The molecule has 1 amide bonds. The van der Waals surface area contributed by atoms with E-state index in [2.05, 4.69) is 0 Å². The molecule has 1 saturated carbocycles. The van der Waals surface area contributed by atoms with Gasteiger partial charge in [-0.3, -0.25) is 14.8 Å². The summed E-state index contributed by atoms with van der Waals surface area (Å²) in [5.74, 6) is -0.423. The van der Waals surface area contributed by atoms with Crippen LogP contribution in [0.3, 0.4) is 0 Å². The number of hydrogen-bond acceptors (Lipinski definition) is 7. The second-order valence-corrected chi connectivity index (χ2v) is 11.5. The number of hydroxylamine groups is 2. The van der Waals surface area contributed by atoms with Crippen molar-refractivity contribution in [1.29, 1.82) is 0 Å². The van der Waals surface area contributed by atoms with Crippen LogP contribution in [0.4, 0.5) is 0 Å². The molecule has 0 saturated heterocycles. The molecule has 0 spiro atoms. The first kappa shape index (κ1) is 27.1. The zero-order valence-electron chi connectivity index (χ0n) is 21.1. The van der Waals surface area contributed by atoms with Gasteiger partial charge in [0.05, 0.1) is 31.0 Å². The minimum absolute atomic E-state index is 0.0461. The highest BCUT2D eigenvalue weighted by atomic mass is 32.2. The zero-order valence-corrected chi connectivity index (χ0v) is 21.9. The molecule has 0 radical (unpaired) electrons. The molecule has 4 rings (SSSR count). The number of nitrogens with zero attached hydrogens (tertiary/aromatic N) is 2. The van der Waals surface area contributed by atoms with Crippen LogP contribution >= 0.6 is 0 Å². The topological polar surface area (TPSA) is 113 Å². The van der Waals surface area contributed by atoms with Gasteiger partial charge in [0.2, 0.25) is 10.0 Å². The van der Waals surface area contributed by atoms with Crippen LogP contribution in [0.2, 0.25) is 0 Å². The van der Waals surface area contributed by atoms with E-state index in [-0.39, 0.29) is 23.9 Å². The zero-order chi connectivity index (χ0) is 26.4. The average Bonchev–Trinajstić information content (AvgIpc) is 3.39. The number of methoxy groups -OCH3 is 1. The number of aryl methyl sites for hydroxylation is 2. The van der Waals surface area contributed by atoms with E-state index in [1.54, 1.807) is 6.07 Å². The van der Waals surface area contributed by atoms with Gasteiger partial charge >= 0.3 is 5.97 Å². The molecule has 2 aliphatic rings. The number of rotatable bonds is 10. The van der Waals surface area contributed by atoms with Gasteiger partial charge in [-0.05, 0) is 79.6 Å². The molecule has 37 heavy (non-hydrogen) atoms. The monoisotopic (exact) mass is 530 g/mol. The van der Waals surface area contributed by atoms with Crippen molar-refractivity contribution in [2.45, 2.75) is 68.7 Å². The Morgan fingerprint density at radius 3 is 2.32 bits per heavy atom. The van der Waals surface area contributed by atoms with E-state index >= 15 is 0 Å². The van der Waals surface area contributed by atoms with Crippen LogP contribution < -0.4 is 9.47 Å². The van der Waals surface area contributed by atoms with Crippen molar-refractivity contribution in [1.82, 2.24) is 9.37 Å². The minimum Gasteiger partial charge on any atom is -0.497 e. The lowest BCUT2D eigenvalue weighted by atomic mass is 9.95. The highest BCUT2D eigenvalue weighted by Crippen LogP contribution is 2.27. The van der Waals surface area contributed by atoms with Crippen LogP contribution in [0.1, 0.15) is 56.1 Å². The summed E-state index contributed by atoms with van der Waals surface area (Å²) >= 11 is 0. The van der Waals surface area contributed by atoms with Gasteiger partial charge in [0.15, 0.2) is 0 Å². The summed E-state index contributed by atoms with van der Waals surface area (Å²) in [7, 11) is -2.68. The Kier molecular flexibility index (Phi) is 8.83. The van der Waals surface area contributed by atoms with Crippen molar-refractivity contribution in [2.75, 3.05) is 20.2 Å². The molecule has 1 N–H and O–H groups in total. The first-order chi connectivity index (χ1) is 17.8. The largest absolute Gasteiger partial charge is 0.497 e. The Bertz CT molecular complexity index is 1210. The van der Waals surface area contributed by atoms with E-state index in [0.717, 1.165) is 48.4 Å². The molecular weight excluding hydrogens is 496 g/mol. The summed E-state index contributed by atoms with van der Waals surface area (Å²) in [6.45, 7) is -0.865. The summed E-state index contributed by atoms with van der Waals surface area (Å²) in [6, 6.07) is 11.0. The van der Waals surface area contributed by atoms with Gasteiger partial charge in [-0.15, -0.1) is 0 Å². The molecule has 2 aromatic rings. The molecule has 1 fully saturated rings. The van der Waals surface area contributed by atoms with Gasteiger partial charge in [-0.25, -0.2) is 13.5 Å². The lowest BCUT2D eigenvalue weighted by Gasteiger charge is -2.30. The lowest BCUT2D eigenvalue weighted by molar-refractivity contribution is -0.178. The third kappa shape index (κ3) is 6.68. The molecule has 2 aromatic carbocycles. The average molecular weight is 531 g/mol. The third-order valence-electron chi connectivity index (χ3n) is 7.05. The van der Waals surface area contributed by atoms with Gasteiger partial charge in [-0.2, -0.15) is 4.31 Å². The fraction of sp³-hybridized carbons (Fsp3) is 0.481. The first-order valence-corrected chi connectivity index (χ1v) is 14.2. The summed E-state index contributed by atoms with van der Waals surface area (Å²) in [5.41, 5.74) is 2.41. The van der Waals surface area contributed by atoms with Crippen LogP contribution in [0.5, 0.6) is 11.5 Å². The molecule has 0 heterocycles. The molecule has 9 nitrogen and oxygen atoms in total. The van der Waals surface area contributed by atoms with Crippen LogP contribution in [0.15, 0.2) is 47.4 Å². The number of carbonyl (C=O) groups is 2. The second kappa shape index (κ2) is 12.1. The summed E-state index contributed by atoms with van der Waals surface area (Å²) in [6.07, 6.45) is 6.95. The van der Waals surface area contributed by atoms with Gasteiger partial charge in [-0.1, -0.05) is 25.3 Å². The Morgan fingerprint density at radius 1 is 0.946 bits per heavy atom. The SMILES string of the molecule is COc1ccc(S(=O)(=O)N(CCC(=O)Oc2ccc3c(c2)CCC3)CC(=O)N(O)C2CCCCC2)cc1. The molecule has 0 atom stereocenters. The standard InChI is InChI=1S/C27H34N2O7S/c1-35-23-12-14-25(15-13-23)37(33,34)28(19-26(30)29(32)22-8-3-2-4-9-22)17-16-27(31)36-24-11-10-20-6-5-7-21(20)18-24/h10-15,18,22,32H,2-9,16-17,19H2,1H3. The van der Waals surface area contributed by atoms with Crippen LogP contribution in [-0.4, -0.2) is 61.1 Å². The molecule has 0 unspecified atom stereocenters. The number of hydrogen-bond donors (Lipinski definition) is 1. The quantitative estimate of drug-likeness (QED) is 0.216. The van der Waals surface area contributed by atoms with Crippen molar-refractivity contribution < 1.29 is 32.7 Å². The van der Waals surface area contributed by atoms with Crippen molar-refractivity contribution >= 4 is 21.9 Å². The predicted octanol–water partition coefficient (Wildman–Crippen LogP) is 3.72. The number of fused-ring (bicyclic) bond motifs is 1. The van der Waals surface area contributed by atoms with Crippen molar-refractivity contribution in [3.8, 4) is 11.5 Å². The molecule has 10 heteroatoms. The van der Waals surface area contributed by atoms with Gasteiger partial charge in [0.25, 0.3) is 5.91 Å². The lowest BCUT2D eigenvalue weighted by Crippen LogP contribution is -2.46. The molecule has 2 aliphatic carbocycles. The minimum atomic E-state index is -4.15.